The third-order valence-electron chi connectivity index (χ3n) is 2.33. The largest absolute Gasteiger partial charge is 0.481 e. The highest BCUT2D eigenvalue weighted by Gasteiger charge is 2.36. The summed E-state index contributed by atoms with van der Waals surface area (Å²) < 4.78 is 5.15. The molecule has 0 aromatic rings. The van der Waals surface area contributed by atoms with E-state index in [2.05, 4.69) is 5.32 Å². The number of ether oxygens (including phenoxy) is 1. The fourth-order valence-corrected chi connectivity index (χ4v) is 1.62. The van der Waals surface area contributed by atoms with Crippen LogP contribution in [-0.4, -0.2) is 52.7 Å². The summed E-state index contributed by atoms with van der Waals surface area (Å²) in [5.41, 5.74) is -0.682. The lowest BCUT2D eigenvalue weighted by atomic mass is 10.1. The smallest absolute Gasteiger partial charge is 0.411 e. The molecule has 1 rings (SSSR count). The highest BCUT2D eigenvalue weighted by Crippen LogP contribution is 2.15. The maximum atomic E-state index is 11.9. The van der Waals surface area contributed by atoms with Crippen LogP contribution in [-0.2, 0) is 14.3 Å². The van der Waals surface area contributed by atoms with Crippen molar-refractivity contribution in [2.45, 2.75) is 38.8 Å². The zero-order valence-electron chi connectivity index (χ0n) is 10.7. The number of nitrogens with zero attached hydrogens (tertiary/aromatic N) is 1. The molecule has 102 valence electrons. The first-order chi connectivity index (χ1) is 8.20. The van der Waals surface area contributed by atoms with Gasteiger partial charge in [-0.05, 0) is 20.8 Å². The quantitative estimate of drug-likeness (QED) is 0.737. The molecular formula is C11H18N2O5. The molecule has 1 aliphatic heterocycles. The second kappa shape index (κ2) is 5.24. The molecule has 0 saturated carbocycles. The molecule has 2 N–H and O–H groups in total. The van der Waals surface area contributed by atoms with Crippen LogP contribution in [0.2, 0.25) is 0 Å². The molecule has 2 amide bonds. The molecule has 0 bridgehead atoms. The summed E-state index contributed by atoms with van der Waals surface area (Å²) in [7, 11) is 0. The summed E-state index contributed by atoms with van der Waals surface area (Å²) in [6.07, 6.45) is -1.09. The minimum atomic E-state index is -1.13. The van der Waals surface area contributed by atoms with Gasteiger partial charge in [-0.15, -0.1) is 0 Å². The van der Waals surface area contributed by atoms with Crippen molar-refractivity contribution in [3.8, 4) is 0 Å². The fraction of sp³-hybridized carbons (Fsp3) is 0.727. The number of carboxylic acids is 1. The van der Waals surface area contributed by atoms with Crippen LogP contribution in [0.25, 0.3) is 0 Å². The van der Waals surface area contributed by atoms with Gasteiger partial charge in [0, 0.05) is 13.1 Å². The molecule has 0 aromatic carbocycles. The molecule has 0 aromatic heterocycles. The summed E-state index contributed by atoms with van der Waals surface area (Å²) in [6, 6.07) is -1.01. The molecule has 1 saturated heterocycles. The highest BCUT2D eigenvalue weighted by atomic mass is 16.6. The highest BCUT2D eigenvalue weighted by molar-refractivity contribution is 5.90. The van der Waals surface area contributed by atoms with E-state index in [-0.39, 0.29) is 6.54 Å². The molecule has 7 nitrogen and oxygen atoms in total. The van der Waals surface area contributed by atoms with E-state index in [1.54, 1.807) is 20.8 Å². The average Bonchev–Trinajstić information content (AvgIpc) is 2.17. The first-order valence-corrected chi connectivity index (χ1v) is 5.70. The molecule has 1 fully saturated rings. The molecule has 0 unspecified atom stereocenters. The van der Waals surface area contributed by atoms with Crippen LogP contribution in [0.15, 0.2) is 0 Å². The van der Waals surface area contributed by atoms with Gasteiger partial charge in [0.15, 0.2) is 0 Å². The molecule has 1 heterocycles. The van der Waals surface area contributed by atoms with Crippen molar-refractivity contribution in [3.63, 3.8) is 0 Å². The Hall–Kier alpha value is -1.79. The van der Waals surface area contributed by atoms with Gasteiger partial charge >= 0.3 is 12.1 Å². The van der Waals surface area contributed by atoms with Crippen molar-refractivity contribution in [2.75, 3.05) is 13.1 Å². The van der Waals surface area contributed by atoms with Crippen LogP contribution >= 0.6 is 0 Å². The molecular weight excluding hydrogens is 240 g/mol. The van der Waals surface area contributed by atoms with Crippen molar-refractivity contribution < 1.29 is 24.2 Å². The first kappa shape index (κ1) is 14.3. The van der Waals surface area contributed by atoms with E-state index in [0.29, 0.717) is 6.54 Å². The number of piperazine rings is 1. The average molecular weight is 258 g/mol. The van der Waals surface area contributed by atoms with E-state index in [9.17, 15) is 14.4 Å². The van der Waals surface area contributed by atoms with Gasteiger partial charge in [-0.1, -0.05) is 0 Å². The lowest BCUT2D eigenvalue weighted by Crippen LogP contribution is -2.58. The lowest BCUT2D eigenvalue weighted by molar-refractivity contribution is -0.142. The minimum Gasteiger partial charge on any atom is -0.481 e. The van der Waals surface area contributed by atoms with Crippen molar-refractivity contribution in [1.82, 2.24) is 10.2 Å². The number of aliphatic carboxylic acids is 1. The normalized spacial score (nSPS) is 20.3. The van der Waals surface area contributed by atoms with Crippen molar-refractivity contribution in [1.29, 1.82) is 0 Å². The minimum absolute atomic E-state index is 0.249. The Morgan fingerprint density at radius 3 is 2.61 bits per heavy atom. The number of amides is 2. The Bertz CT molecular complexity index is 361. The van der Waals surface area contributed by atoms with Gasteiger partial charge in [-0.25, -0.2) is 4.79 Å². The predicted molar refractivity (Wildman–Crippen MR) is 62.0 cm³/mol. The van der Waals surface area contributed by atoms with Gasteiger partial charge in [0.1, 0.15) is 11.6 Å². The van der Waals surface area contributed by atoms with Gasteiger partial charge in [-0.2, -0.15) is 0 Å². The molecule has 0 aliphatic carbocycles. The zero-order chi connectivity index (χ0) is 13.9. The Labute approximate surface area is 105 Å². The van der Waals surface area contributed by atoms with E-state index in [1.165, 1.54) is 0 Å². The second-order valence-electron chi connectivity index (χ2n) is 5.08. The van der Waals surface area contributed by atoms with Gasteiger partial charge in [0.2, 0.25) is 5.91 Å². The molecule has 18 heavy (non-hydrogen) atoms. The van der Waals surface area contributed by atoms with Crippen LogP contribution in [0.5, 0.6) is 0 Å². The van der Waals surface area contributed by atoms with Crippen LogP contribution < -0.4 is 5.32 Å². The fourth-order valence-electron chi connectivity index (χ4n) is 1.62. The monoisotopic (exact) mass is 258 g/mol. The molecule has 1 atom stereocenters. The molecule has 0 spiro atoms. The lowest BCUT2D eigenvalue weighted by Gasteiger charge is -2.35. The van der Waals surface area contributed by atoms with Gasteiger partial charge < -0.3 is 15.2 Å². The molecule has 0 radical (unpaired) electrons. The topological polar surface area (TPSA) is 95.9 Å². The van der Waals surface area contributed by atoms with Gasteiger partial charge in [-0.3, -0.25) is 14.5 Å². The van der Waals surface area contributed by atoms with Crippen molar-refractivity contribution in [3.05, 3.63) is 0 Å². The summed E-state index contributed by atoms with van der Waals surface area (Å²) in [4.78, 5) is 35.3. The van der Waals surface area contributed by atoms with Gasteiger partial charge in [0.05, 0.1) is 6.42 Å². The Balaban J connectivity index is 2.79. The van der Waals surface area contributed by atoms with Crippen molar-refractivity contribution >= 4 is 18.0 Å². The zero-order valence-corrected chi connectivity index (χ0v) is 10.7. The number of carbonyl (C=O) groups excluding carboxylic acids is 2. The van der Waals surface area contributed by atoms with Gasteiger partial charge in [0.25, 0.3) is 0 Å². The van der Waals surface area contributed by atoms with Crippen LogP contribution in [0.1, 0.15) is 27.2 Å². The standard InChI is InChI=1S/C11H18N2O5/c1-11(2,3)18-10(17)13-5-4-12-9(16)7(13)6-8(14)15/h7H,4-6H2,1-3H3,(H,12,16)(H,14,15)/t7-/m1/s1. The van der Waals surface area contributed by atoms with E-state index in [4.69, 9.17) is 9.84 Å². The number of hydrogen-bond acceptors (Lipinski definition) is 4. The van der Waals surface area contributed by atoms with Crippen LogP contribution in [0.3, 0.4) is 0 Å². The van der Waals surface area contributed by atoms with Crippen molar-refractivity contribution in [2.24, 2.45) is 0 Å². The Morgan fingerprint density at radius 2 is 2.11 bits per heavy atom. The Kier molecular flexibility index (Phi) is 4.15. The first-order valence-electron chi connectivity index (χ1n) is 5.70. The predicted octanol–water partition coefficient (Wildman–Crippen LogP) is 0.197. The Morgan fingerprint density at radius 1 is 1.50 bits per heavy atom. The SMILES string of the molecule is CC(C)(C)OC(=O)N1CCNC(=O)[C@H]1CC(=O)O. The summed E-state index contributed by atoms with van der Waals surface area (Å²) in [5.74, 6) is -1.60. The van der Waals surface area contributed by atoms with E-state index < -0.39 is 36.0 Å². The van der Waals surface area contributed by atoms with Crippen LogP contribution in [0, 0.1) is 0 Å². The number of carbonyl (C=O) groups is 3. The summed E-state index contributed by atoms with van der Waals surface area (Å²) >= 11 is 0. The maximum Gasteiger partial charge on any atom is 0.411 e. The van der Waals surface area contributed by atoms with E-state index >= 15 is 0 Å². The third kappa shape index (κ3) is 3.90. The summed E-state index contributed by atoms with van der Waals surface area (Å²) in [6.45, 7) is 5.68. The maximum absolute atomic E-state index is 11.9. The third-order valence-corrected chi connectivity index (χ3v) is 2.33. The number of hydrogen-bond donors (Lipinski definition) is 2. The second-order valence-corrected chi connectivity index (χ2v) is 5.08. The van der Waals surface area contributed by atoms with E-state index in [1.807, 2.05) is 0 Å². The molecule has 1 aliphatic rings. The number of carboxylic acid groups (broad SMARTS) is 1. The molecule has 7 heteroatoms. The summed E-state index contributed by atoms with van der Waals surface area (Å²) in [5, 5.41) is 11.3. The van der Waals surface area contributed by atoms with E-state index in [0.717, 1.165) is 4.90 Å². The number of nitrogens with one attached hydrogen (secondary N) is 1. The number of rotatable bonds is 2. The van der Waals surface area contributed by atoms with Crippen LogP contribution in [0.4, 0.5) is 4.79 Å².